The van der Waals surface area contributed by atoms with Gasteiger partial charge in [-0.05, 0) is 24.1 Å². The first-order valence-corrected chi connectivity index (χ1v) is 4.16. The minimum atomic E-state index is 0. The molecular formula is C9H11Cl2N. The highest BCUT2D eigenvalue weighted by atomic mass is 35.5. The lowest BCUT2D eigenvalue weighted by molar-refractivity contribution is 0.991. The van der Waals surface area contributed by atoms with Gasteiger partial charge in [-0.2, -0.15) is 0 Å². The van der Waals surface area contributed by atoms with E-state index < -0.39 is 0 Å². The van der Waals surface area contributed by atoms with Gasteiger partial charge in [-0.3, -0.25) is 0 Å². The molecule has 0 aliphatic heterocycles. The van der Waals surface area contributed by atoms with E-state index in [0.29, 0.717) is 12.0 Å². The fourth-order valence-electron chi connectivity index (χ4n) is 1.34. The first-order valence-electron chi connectivity index (χ1n) is 3.78. The molecule has 1 fully saturated rings. The first-order chi connectivity index (χ1) is 5.27. The van der Waals surface area contributed by atoms with Gasteiger partial charge in [0.25, 0.3) is 0 Å². The van der Waals surface area contributed by atoms with Gasteiger partial charge in [0.2, 0.25) is 0 Å². The Kier molecular flexibility index (Phi) is 2.99. The summed E-state index contributed by atoms with van der Waals surface area (Å²) in [6.07, 6.45) is 1.11. The average Bonchev–Trinajstić information content (AvgIpc) is 2.67. The maximum Gasteiger partial charge on any atom is 0.0408 e. The number of nitrogens with two attached hydrogens (primary N) is 1. The zero-order valence-electron chi connectivity index (χ0n) is 6.53. The van der Waals surface area contributed by atoms with E-state index in [1.54, 1.807) is 0 Å². The van der Waals surface area contributed by atoms with Gasteiger partial charge in [0.15, 0.2) is 0 Å². The van der Waals surface area contributed by atoms with E-state index in [0.717, 1.165) is 11.4 Å². The van der Waals surface area contributed by atoms with E-state index in [1.807, 2.05) is 18.2 Å². The van der Waals surface area contributed by atoms with Crippen LogP contribution < -0.4 is 5.73 Å². The number of rotatable bonds is 1. The smallest absolute Gasteiger partial charge is 0.0408 e. The van der Waals surface area contributed by atoms with Crippen LogP contribution in [0.5, 0.6) is 0 Å². The van der Waals surface area contributed by atoms with Crippen molar-refractivity contribution >= 4 is 24.0 Å². The lowest BCUT2D eigenvalue weighted by Crippen LogP contribution is -2.00. The number of hydrogen-bond acceptors (Lipinski definition) is 1. The molecule has 0 bridgehead atoms. The maximum atomic E-state index is 5.82. The highest BCUT2D eigenvalue weighted by Gasteiger charge is 2.34. The van der Waals surface area contributed by atoms with Gasteiger partial charge in [-0.25, -0.2) is 0 Å². The Morgan fingerprint density at radius 1 is 1.42 bits per heavy atom. The molecule has 66 valence electrons. The lowest BCUT2D eigenvalue weighted by Gasteiger charge is -1.97. The molecule has 0 unspecified atom stereocenters. The molecule has 2 rings (SSSR count). The van der Waals surface area contributed by atoms with E-state index in [1.165, 1.54) is 5.56 Å². The van der Waals surface area contributed by atoms with Crippen molar-refractivity contribution in [3.63, 3.8) is 0 Å². The molecule has 2 N–H and O–H groups in total. The second-order valence-electron chi connectivity index (χ2n) is 3.06. The van der Waals surface area contributed by atoms with Crippen LogP contribution >= 0.6 is 24.0 Å². The molecule has 1 aliphatic rings. The molecule has 2 atom stereocenters. The normalized spacial score (nSPS) is 26.2. The van der Waals surface area contributed by atoms with Crippen molar-refractivity contribution in [2.24, 2.45) is 5.73 Å². The molecule has 0 amide bonds. The van der Waals surface area contributed by atoms with Crippen LogP contribution in [0.3, 0.4) is 0 Å². The van der Waals surface area contributed by atoms with Crippen LogP contribution in [0.4, 0.5) is 0 Å². The Bertz CT molecular complexity index is 275. The fourth-order valence-corrected chi connectivity index (χ4v) is 1.53. The molecule has 1 aromatic carbocycles. The van der Waals surface area contributed by atoms with Gasteiger partial charge in [-0.15, -0.1) is 12.4 Å². The molecule has 1 nitrogen and oxygen atoms in total. The van der Waals surface area contributed by atoms with E-state index in [4.69, 9.17) is 17.3 Å². The first kappa shape index (κ1) is 9.85. The molecule has 0 radical (unpaired) electrons. The van der Waals surface area contributed by atoms with Crippen molar-refractivity contribution in [3.8, 4) is 0 Å². The molecule has 0 saturated heterocycles. The number of hydrogen-bond donors (Lipinski definition) is 1. The van der Waals surface area contributed by atoms with E-state index in [2.05, 4.69) is 6.07 Å². The molecular weight excluding hydrogens is 193 g/mol. The minimum absolute atomic E-state index is 0. The molecule has 3 heteroatoms. The van der Waals surface area contributed by atoms with Crippen molar-refractivity contribution in [2.75, 3.05) is 0 Å². The van der Waals surface area contributed by atoms with Crippen LogP contribution in [0.15, 0.2) is 24.3 Å². The molecule has 0 aromatic heterocycles. The Morgan fingerprint density at radius 2 is 2.08 bits per heavy atom. The van der Waals surface area contributed by atoms with Crippen LogP contribution in [0.25, 0.3) is 0 Å². The van der Waals surface area contributed by atoms with Crippen LogP contribution in [-0.2, 0) is 0 Å². The number of halogens is 2. The Morgan fingerprint density at radius 3 is 2.58 bits per heavy atom. The quantitative estimate of drug-likeness (QED) is 0.747. The highest BCUT2D eigenvalue weighted by Crippen LogP contribution is 2.39. The maximum absolute atomic E-state index is 5.82. The monoisotopic (exact) mass is 203 g/mol. The zero-order chi connectivity index (χ0) is 7.84. The number of benzene rings is 1. The summed E-state index contributed by atoms with van der Waals surface area (Å²) in [6, 6.07) is 8.32. The van der Waals surface area contributed by atoms with Crippen molar-refractivity contribution in [1.29, 1.82) is 0 Å². The van der Waals surface area contributed by atoms with Crippen molar-refractivity contribution in [2.45, 2.75) is 18.4 Å². The standard InChI is InChI=1S/C9H10ClN.ClH/c10-7-3-1-2-6(4-7)8-5-9(8)11;/h1-4,8-9H,5,11H2;1H/t8-,9+;/m0./s1. The van der Waals surface area contributed by atoms with Crippen LogP contribution in [0.1, 0.15) is 17.9 Å². The van der Waals surface area contributed by atoms with Crippen LogP contribution in [-0.4, -0.2) is 6.04 Å². The summed E-state index contributed by atoms with van der Waals surface area (Å²) in [5.41, 5.74) is 6.99. The van der Waals surface area contributed by atoms with Crippen molar-refractivity contribution in [3.05, 3.63) is 34.9 Å². The average molecular weight is 204 g/mol. The summed E-state index contributed by atoms with van der Waals surface area (Å²) in [7, 11) is 0. The molecule has 1 aromatic rings. The highest BCUT2D eigenvalue weighted by molar-refractivity contribution is 6.30. The zero-order valence-corrected chi connectivity index (χ0v) is 8.11. The van der Waals surface area contributed by atoms with Gasteiger partial charge in [0.1, 0.15) is 0 Å². The van der Waals surface area contributed by atoms with Crippen LogP contribution in [0, 0.1) is 0 Å². The molecule has 0 heterocycles. The predicted octanol–water partition coefficient (Wildman–Crippen LogP) is 2.58. The minimum Gasteiger partial charge on any atom is -0.327 e. The van der Waals surface area contributed by atoms with Crippen LogP contribution in [0.2, 0.25) is 5.02 Å². The molecule has 1 saturated carbocycles. The van der Waals surface area contributed by atoms with E-state index >= 15 is 0 Å². The van der Waals surface area contributed by atoms with Gasteiger partial charge >= 0.3 is 0 Å². The molecule has 0 spiro atoms. The van der Waals surface area contributed by atoms with Gasteiger partial charge in [0, 0.05) is 17.0 Å². The summed E-state index contributed by atoms with van der Waals surface area (Å²) >= 11 is 5.82. The second kappa shape index (κ2) is 3.65. The summed E-state index contributed by atoms with van der Waals surface area (Å²) < 4.78 is 0. The summed E-state index contributed by atoms with van der Waals surface area (Å²) in [5.74, 6) is 0.564. The van der Waals surface area contributed by atoms with Gasteiger partial charge < -0.3 is 5.73 Å². The lowest BCUT2D eigenvalue weighted by atomic mass is 10.1. The molecule has 12 heavy (non-hydrogen) atoms. The Labute approximate surface area is 83.3 Å². The fraction of sp³-hybridized carbons (Fsp3) is 0.333. The topological polar surface area (TPSA) is 26.0 Å². The summed E-state index contributed by atoms with van der Waals surface area (Å²) in [6.45, 7) is 0. The Hall–Kier alpha value is -0.240. The van der Waals surface area contributed by atoms with Crippen molar-refractivity contribution in [1.82, 2.24) is 0 Å². The Balaban J connectivity index is 0.000000720. The van der Waals surface area contributed by atoms with E-state index in [-0.39, 0.29) is 12.4 Å². The van der Waals surface area contributed by atoms with Gasteiger partial charge in [0.05, 0.1) is 0 Å². The third kappa shape index (κ3) is 1.92. The van der Waals surface area contributed by atoms with Crippen molar-refractivity contribution < 1.29 is 0 Å². The largest absolute Gasteiger partial charge is 0.327 e. The predicted molar refractivity (Wildman–Crippen MR) is 54.0 cm³/mol. The SMILES string of the molecule is Cl.N[C@@H]1C[C@H]1c1cccc(Cl)c1. The third-order valence-corrected chi connectivity index (χ3v) is 2.35. The van der Waals surface area contributed by atoms with Gasteiger partial charge in [-0.1, -0.05) is 23.7 Å². The van der Waals surface area contributed by atoms with E-state index in [9.17, 15) is 0 Å². The molecule has 1 aliphatic carbocycles. The second-order valence-corrected chi connectivity index (χ2v) is 3.50. The summed E-state index contributed by atoms with van der Waals surface area (Å²) in [4.78, 5) is 0. The third-order valence-electron chi connectivity index (χ3n) is 2.12. The summed E-state index contributed by atoms with van der Waals surface area (Å²) in [5, 5.41) is 0.807.